The molecule has 0 aliphatic rings. The highest BCUT2D eigenvalue weighted by molar-refractivity contribution is 9.09. The molecule has 1 N–H and O–H groups in total. The molecule has 0 fully saturated rings. The largest absolute Gasteiger partial charge is 0.352 e. The summed E-state index contributed by atoms with van der Waals surface area (Å²) in [4.78, 5) is 11.6. The van der Waals surface area contributed by atoms with Crippen molar-refractivity contribution in [3.8, 4) is 17.9 Å². The zero-order valence-corrected chi connectivity index (χ0v) is 10.8. The van der Waals surface area contributed by atoms with Crippen LogP contribution in [0.15, 0.2) is 24.3 Å². The van der Waals surface area contributed by atoms with Crippen molar-refractivity contribution in [2.75, 3.05) is 11.9 Å². The molecule has 0 unspecified atom stereocenters. The van der Waals surface area contributed by atoms with Gasteiger partial charge < -0.3 is 5.32 Å². The lowest BCUT2D eigenvalue weighted by atomic mass is 10.1. The number of benzene rings is 1. The van der Waals surface area contributed by atoms with E-state index in [9.17, 15) is 4.79 Å². The van der Waals surface area contributed by atoms with Crippen molar-refractivity contribution in [1.82, 2.24) is 5.32 Å². The van der Waals surface area contributed by atoms with Gasteiger partial charge >= 0.3 is 0 Å². The van der Waals surface area contributed by atoms with E-state index in [1.807, 2.05) is 0 Å². The lowest BCUT2D eigenvalue weighted by Crippen LogP contribution is -2.24. The Bertz CT molecular complexity index is 477. The Morgan fingerprint density at radius 3 is 2.65 bits per heavy atom. The molecule has 0 atom stereocenters. The minimum Gasteiger partial charge on any atom is -0.352 e. The van der Waals surface area contributed by atoms with E-state index in [1.165, 1.54) is 0 Å². The van der Waals surface area contributed by atoms with E-state index in [4.69, 9.17) is 5.26 Å². The third kappa shape index (κ3) is 4.72. The number of nitriles is 1. The summed E-state index contributed by atoms with van der Waals surface area (Å²) in [5.74, 6) is 4.88. The second kappa shape index (κ2) is 7.49. The van der Waals surface area contributed by atoms with Crippen LogP contribution in [0, 0.1) is 23.2 Å². The van der Waals surface area contributed by atoms with Gasteiger partial charge in [-0.1, -0.05) is 21.9 Å². The monoisotopic (exact) mass is 290 g/mol. The highest BCUT2D eigenvalue weighted by Gasteiger charge is 2.03. The van der Waals surface area contributed by atoms with Crippen LogP contribution >= 0.6 is 15.9 Å². The minimum atomic E-state index is -0.0919. The standard InChI is InChI=1S/C13H11BrN2O/c14-8-2-10-16-13(17)12-6-4-11(5-7-12)3-1-9-15/h4-7H,2,8,10H2,(H,16,17). The molecule has 0 spiro atoms. The maximum absolute atomic E-state index is 11.6. The Morgan fingerprint density at radius 2 is 2.06 bits per heavy atom. The molecule has 86 valence electrons. The quantitative estimate of drug-likeness (QED) is 0.524. The van der Waals surface area contributed by atoms with Crippen LogP contribution in [0.25, 0.3) is 0 Å². The predicted octanol–water partition coefficient (Wildman–Crippen LogP) is 2.08. The van der Waals surface area contributed by atoms with E-state index in [2.05, 4.69) is 33.1 Å². The number of nitrogens with one attached hydrogen (secondary N) is 1. The molecule has 0 aliphatic carbocycles. The molecule has 0 aliphatic heterocycles. The van der Waals surface area contributed by atoms with Crippen molar-refractivity contribution in [2.45, 2.75) is 6.42 Å². The van der Waals surface area contributed by atoms with Crippen molar-refractivity contribution in [3.63, 3.8) is 0 Å². The van der Waals surface area contributed by atoms with Gasteiger partial charge in [-0.3, -0.25) is 4.79 Å². The molecule has 4 heteroatoms. The maximum atomic E-state index is 11.6. The lowest BCUT2D eigenvalue weighted by Gasteiger charge is -2.03. The average molecular weight is 291 g/mol. The Kier molecular flexibility index (Phi) is 5.85. The summed E-state index contributed by atoms with van der Waals surface area (Å²) < 4.78 is 0. The van der Waals surface area contributed by atoms with Gasteiger partial charge in [-0.05, 0) is 30.7 Å². The first-order valence-corrected chi connectivity index (χ1v) is 6.24. The van der Waals surface area contributed by atoms with E-state index >= 15 is 0 Å². The van der Waals surface area contributed by atoms with Gasteiger partial charge in [-0.15, -0.1) is 0 Å². The van der Waals surface area contributed by atoms with Crippen LogP contribution in [0.3, 0.4) is 0 Å². The Balaban J connectivity index is 2.61. The second-order valence-corrected chi connectivity index (χ2v) is 4.03. The predicted molar refractivity (Wildman–Crippen MR) is 69.7 cm³/mol. The fraction of sp³-hybridized carbons (Fsp3) is 0.231. The van der Waals surface area contributed by atoms with Crippen molar-refractivity contribution < 1.29 is 4.79 Å². The van der Waals surface area contributed by atoms with Gasteiger partial charge in [0.1, 0.15) is 0 Å². The molecule has 0 heterocycles. The number of nitrogens with zero attached hydrogens (tertiary/aromatic N) is 1. The molecule has 0 saturated carbocycles. The molecule has 1 amide bonds. The number of hydrogen-bond donors (Lipinski definition) is 1. The van der Waals surface area contributed by atoms with Crippen molar-refractivity contribution in [2.24, 2.45) is 0 Å². The van der Waals surface area contributed by atoms with E-state index in [1.54, 1.807) is 30.3 Å². The number of alkyl halides is 1. The van der Waals surface area contributed by atoms with E-state index in [-0.39, 0.29) is 5.91 Å². The van der Waals surface area contributed by atoms with E-state index < -0.39 is 0 Å². The Labute approximate surface area is 109 Å². The minimum absolute atomic E-state index is 0.0919. The summed E-state index contributed by atoms with van der Waals surface area (Å²) in [7, 11) is 0. The van der Waals surface area contributed by atoms with Gasteiger partial charge in [-0.2, -0.15) is 5.26 Å². The summed E-state index contributed by atoms with van der Waals surface area (Å²) >= 11 is 3.30. The zero-order chi connectivity index (χ0) is 12.5. The number of carbonyl (C=O) groups excluding carboxylic acids is 1. The summed E-state index contributed by atoms with van der Waals surface area (Å²) in [5, 5.41) is 12.0. The maximum Gasteiger partial charge on any atom is 0.251 e. The number of halogens is 1. The first-order chi connectivity index (χ1) is 8.27. The van der Waals surface area contributed by atoms with Gasteiger partial charge in [0, 0.05) is 28.9 Å². The zero-order valence-electron chi connectivity index (χ0n) is 9.16. The SMILES string of the molecule is N#CC#Cc1ccc(C(=O)NCCCBr)cc1. The molecule has 1 aromatic rings. The molecular formula is C13H11BrN2O. The summed E-state index contributed by atoms with van der Waals surface area (Å²) in [6.45, 7) is 0.653. The van der Waals surface area contributed by atoms with Crippen LogP contribution in [-0.2, 0) is 0 Å². The topological polar surface area (TPSA) is 52.9 Å². The molecule has 0 bridgehead atoms. The first-order valence-electron chi connectivity index (χ1n) is 5.12. The number of rotatable bonds is 4. The molecule has 1 aromatic carbocycles. The Hall–Kier alpha value is -1.78. The first kappa shape index (κ1) is 13.3. The van der Waals surface area contributed by atoms with Crippen LogP contribution in [0.4, 0.5) is 0 Å². The Morgan fingerprint density at radius 1 is 1.35 bits per heavy atom. The number of hydrogen-bond acceptors (Lipinski definition) is 2. The number of carbonyl (C=O) groups is 1. The van der Waals surface area contributed by atoms with E-state index in [0.717, 1.165) is 17.3 Å². The molecular weight excluding hydrogens is 280 g/mol. The van der Waals surface area contributed by atoms with Gasteiger partial charge in [0.2, 0.25) is 0 Å². The van der Waals surface area contributed by atoms with Crippen LogP contribution in [0.2, 0.25) is 0 Å². The smallest absolute Gasteiger partial charge is 0.251 e. The van der Waals surface area contributed by atoms with E-state index in [0.29, 0.717) is 12.1 Å². The molecule has 1 rings (SSSR count). The average Bonchev–Trinajstić information content (AvgIpc) is 2.37. The van der Waals surface area contributed by atoms with Crippen molar-refractivity contribution >= 4 is 21.8 Å². The van der Waals surface area contributed by atoms with Gasteiger partial charge in [0.15, 0.2) is 6.07 Å². The molecule has 0 aromatic heterocycles. The number of amides is 1. The molecule has 17 heavy (non-hydrogen) atoms. The highest BCUT2D eigenvalue weighted by atomic mass is 79.9. The molecule has 0 saturated heterocycles. The summed E-state index contributed by atoms with van der Waals surface area (Å²) in [6, 6.07) is 8.59. The third-order valence-corrected chi connectivity index (χ3v) is 2.57. The van der Waals surface area contributed by atoms with Crippen molar-refractivity contribution in [3.05, 3.63) is 35.4 Å². The lowest BCUT2D eigenvalue weighted by molar-refractivity contribution is 0.0954. The fourth-order valence-corrected chi connectivity index (χ4v) is 1.46. The highest BCUT2D eigenvalue weighted by Crippen LogP contribution is 2.03. The van der Waals surface area contributed by atoms with Crippen LogP contribution in [0.5, 0.6) is 0 Å². The van der Waals surface area contributed by atoms with Crippen LogP contribution in [-0.4, -0.2) is 17.8 Å². The van der Waals surface area contributed by atoms with Crippen molar-refractivity contribution in [1.29, 1.82) is 5.26 Å². The molecule has 0 radical (unpaired) electrons. The fourth-order valence-electron chi connectivity index (χ4n) is 1.18. The molecule has 3 nitrogen and oxygen atoms in total. The van der Waals surface area contributed by atoms with Crippen LogP contribution < -0.4 is 5.32 Å². The van der Waals surface area contributed by atoms with Gasteiger partial charge in [0.05, 0.1) is 0 Å². The van der Waals surface area contributed by atoms with Gasteiger partial charge in [-0.25, -0.2) is 0 Å². The van der Waals surface area contributed by atoms with Gasteiger partial charge in [0.25, 0.3) is 5.91 Å². The summed E-state index contributed by atoms with van der Waals surface area (Å²) in [6.07, 6.45) is 0.900. The second-order valence-electron chi connectivity index (χ2n) is 3.24. The normalized spacial score (nSPS) is 8.71. The summed E-state index contributed by atoms with van der Waals surface area (Å²) in [5.41, 5.74) is 1.32. The van der Waals surface area contributed by atoms with Crippen LogP contribution in [0.1, 0.15) is 22.3 Å². The third-order valence-electron chi connectivity index (χ3n) is 2.01.